The highest BCUT2D eigenvalue weighted by Gasteiger charge is 2.23. The van der Waals surface area contributed by atoms with E-state index in [0.29, 0.717) is 34.3 Å². The summed E-state index contributed by atoms with van der Waals surface area (Å²) in [7, 11) is 0. The Morgan fingerprint density at radius 1 is 1.41 bits per heavy atom. The number of aromatic carboxylic acids is 1. The van der Waals surface area contributed by atoms with Gasteiger partial charge in [-0.1, -0.05) is 19.8 Å². The largest absolute Gasteiger partial charge is 0.476 e. The molecule has 0 spiro atoms. The normalized spacial score (nSPS) is 10.5. The van der Waals surface area contributed by atoms with E-state index in [1.54, 1.807) is 0 Å². The van der Waals surface area contributed by atoms with Gasteiger partial charge in [-0.25, -0.2) is 4.79 Å². The molecule has 0 atom stereocenters. The predicted molar refractivity (Wildman–Crippen MR) is 61.9 cm³/mol. The average molecular weight is 239 g/mol. The number of nitrogens with zero attached hydrogens (tertiary/aromatic N) is 1. The molecule has 0 aliphatic rings. The Morgan fingerprint density at radius 2 is 2.06 bits per heavy atom. The van der Waals surface area contributed by atoms with Crippen LogP contribution in [0.2, 0.25) is 0 Å². The highest BCUT2D eigenvalue weighted by atomic mass is 16.5. The van der Waals surface area contributed by atoms with Crippen molar-refractivity contribution >= 4 is 12.3 Å². The highest BCUT2D eigenvalue weighted by molar-refractivity contribution is 5.92. The van der Waals surface area contributed by atoms with Crippen LogP contribution in [0.1, 0.15) is 58.3 Å². The minimum atomic E-state index is -1.23. The van der Waals surface area contributed by atoms with Gasteiger partial charge in [0.25, 0.3) is 0 Å². The lowest BCUT2D eigenvalue weighted by atomic mass is 10.1. The summed E-state index contributed by atoms with van der Waals surface area (Å²) in [5.41, 5.74) is 0.782. The second kappa shape index (κ2) is 5.52. The fourth-order valence-electron chi connectivity index (χ4n) is 1.94. The minimum Gasteiger partial charge on any atom is -0.476 e. The quantitative estimate of drug-likeness (QED) is 0.453. The molecule has 0 unspecified atom stereocenters. The Morgan fingerprint density at radius 3 is 2.53 bits per heavy atom. The molecule has 0 amide bonds. The molecule has 0 saturated heterocycles. The fraction of sp³-hybridized carbons (Fsp3) is 0.500. The summed E-state index contributed by atoms with van der Waals surface area (Å²) < 4.78 is 0.636. The van der Waals surface area contributed by atoms with Crippen LogP contribution in [0.3, 0.4) is 0 Å². The molecule has 94 valence electrons. The number of aromatic nitrogens is 1. The topological polar surface area (TPSA) is 79.5 Å². The molecular weight excluding hydrogens is 222 g/mol. The zero-order chi connectivity index (χ0) is 13.0. The first-order valence-corrected chi connectivity index (χ1v) is 5.66. The van der Waals surface area contributed by atoms with Gasteiger partial charge in [-0.05, 0) is 25.3 Å². The number of carbonyl (C=O) groups excluding carboxylic acids is 1. The summed E-state index contributed by atoms with van der Waals surface area (Å²) in [4.78, 5) is 21.9. The standard InChI is InChI=1S/C12H17NO4/c1-3-4-5-6-10-9(7-14)8(2)11(12(15)16)13(10)17/h7,17H,3-6H2,1-2H3,(H,15,16). The van der Waals surface area contributed by atoms with Crippen molar-refractivity contribution in [1.29, 1.82) is 0 Å². The SMILES string of the molecule is CCCCCc1c(C=O)c(C)c(C(=O)O)n1O. The lowest BCUT2D eigenvalue weighted by molar-refractivity contribution is 0.0638. The van der Waals surface area contributed by atoms with E-state index in [0.717, 1.165) is 19.3 Å². The molecule has 0 saturated carbocycles. The van der Waals surface area contributed by atoms with Gasteiger partial charge in [0.05, 0.1) is 5.69 Å². The van der Waals surface area contributed by atoms with Gasteiger partial charge in [0.15, 0.2) is 12.0 Å². The van der Waals surface area contributed by atoms with Gasteiger partial charge >= 0.3 is 5.97 Å². The summed E-state index contributed by atoms with van der Waals surface area (Å²) in [6.45, 7) is 3.58. The van der Waals surface area contributed by atoms with Crippen LogP contribution in [0.5, 0.6) is 0 Å². The summed E-state index contributed by atoms with van der Waals surface area (Å²) in [5, 5.41) is 18.7. The third-order valence-corrected chi connectivity index (χ3v) is 2.88. The zero-order valence-electron chi connectivity index (χ0n) is 10.1. The number of rotatable bonds is 6. The first-order chi connectivity index (χ1) is 8.04. The van der Waals surface area contributed by atoms with Gasteiger partial charge in [0.2, 0.25) is 0 Å². The number of unbranched alkanes of at least 4 members (excludes halogenated alkanes) is 2. The number of hydrogen-bond donors (Lipinski definition) is 2. The maximum Gasteiger partial charge on any atom is 0.356 e. The number of carbonyl (C=O) groups is 2. The number of hydrogen-bond acceptors (Lipinski definition) is 3. The number of carboxylic acids is 1. The third-order valence-electron chi connectivity index (χ3n) is 2.88. The van der Waals surface area contributed by atoms with Crippen LogP contribution in [0.4, 0.5) is 0 Å². The summed E-state index contributed by atoms with van der Waals surface area (Å²) in [5.74, 6) is -1.23. The highest BCUT2D eigenvalue weighted by Crippen LogP contribution is 2.21. The van der Waals surface area contributed by atoms with Gasteiger partial charge in [-0.2, -0.15) is 4.73 Å². The second-order valence-corrected chi connectivity index (χ2v) is 4.03. The third kappa shape index (κ3) is 2.49. The minimum absolute atomic E-state index is 0.224. The molecule has 5 nitrogen and oxygen atoms in total. The Kier molecular flexibility index (Phi) is 4.31. The monoisotopic (exact) mass is 239 g/mol. The molecule has 0 aromatic carbocycles. The van der Waals surface area contributed by atoms with E-state index >= 15 is 0 Å². The maximum atomic E-state index is 11.0. The van der Waals surface area contributed by atoms with Crippen LogP contribution in [-0.2, 0) is 6.42 Å². The van der Waals surface area contributed by atoms with Crippen LogP contribution < -0.4 is 0 Å². The van der Waals surface area contributed by atoms with Crippen LogP contribution in [0.15, 0.2) is 0 Å². The Balaban J connectivity index is 3.14. The summed E-state index contributed by atoms with van der Waals surface area (Å²) in [6, 6.07) is 0. The lowest BCUT2D eigenvalue weighted by Gasteiger charge is -2.03. The van der Waals surface area contributed by atoms with Gasteiger partial charge < -0.3 is 10.3 Å². The summed E-state index contributed by atoms with van der Waals surface area (Å²) in [6.07, 6.45) is 3.93. The fourth-order valence-corrected chi connectivity index (χ4v) is 1.94. The van der Waals surface area contributed by atoms with Crippen molar-refractivity contribution in [2.45, 2.75) is 39.5 Å². The summed E-state index contributed by atoms with van der Waals surface area (Å²) >= 11 is 0. The van der Waals surface area contributed by atoms with Gasteiger partial charge in [0, 0.05) is 5.56 Å². The van der Waals surface area contributed by atoms with Crippen molar-refractivity contribution in [1.82, 2.24) is 4.73 Å². The van der Waals surface area contributed by atoms with E-state index in [-0.39, 0.29) is 5.69 Å². The molecular formula is C12H17NO4. The van der Waals surface area contributed by atoms with Crippen molar-refractivity contribution < 1.29 is 19.9 Å². The van der Waals surface area contributed by atoms with E-state index in [4.69, 9.17) is 5.11 Å². The molecule has 0 aliphatic heterocycles. The van der Waals surface area contributed by atoms with Gasteiger partial charge in [-0.15, -0.1) is 0 Å². The molecule has 0 fully saturated rings. The van der Waals surface area contributed by atoms with Crippen LogP contribution in [0, 0.1) is 6.92 Å². The molecule has 2 N–H and O–H groups in total. The molecule has 5 heteroatoms. The molecule has 1 aromatic rings. The van der Waals surface area contributed by atoms with E-state index in [2.05, 4.69) is 0 Å². The van der Waals surface area contributed by atoms with E-state index in [1.807, 2.05) is 6.92 Å². The van der Waals surface area contributed by atoms with Crippen LogP contribution in [0.25, 0.3) is 0 Å². The molecule has 17 heavy (non-hydrogen) atoms. The number of aldehydes is 1. The Hall–Kier alpha value is -1.78. The Bertz CT molecular complexity index is 434. The van der Waals surface area contributed by atoms with Crippen molar-refractivity contribution in [2.24, 2.45) is 0 Å². The smallest absolute Gasteiger partial charge is 0.356 e. The molecule has 0 bridgehead atoms. The molecule has 1 heterocycles. The Labute approximate surface area is 99.6 Å². The van der Waals surface area contributed by atoms with Crippen molar-refractivity contribution in [3.63, 3.8) is 0 Å². The van der Waals surface area contributed by atoms with E-state index < -0.39 is 5.97 Å². The van der Waals surface area contributed by atoms with Crippen molar-refractivity contribution in [3.05, 3.63) is 22.5 Å². The van der Waals surface area contributed by atoms with Crippen molar-refractivity contribution in [2.75, 3.05) is 0 Å². The second-order valence-electron chi connectivity index (χ2n) is 4.03. The number of carboxylic acid groups (broad SMARTS) is 1. The predicted octanol–water partition coefficient (Wildman–Crippen LogP) is 2.28. The average Bonchev–Trinajstić information content (AvgIpc) is 2.50. The van der Waals surface area contributed by atoms with Crippen LogP contribution >= 0.6 is 0 Å². The first kappa shape index (κ1) is 13.3. The molecule has 0 radical (unpaired) electrons. The van der Waals surface area contributed by atoms with E-state index in [1.165, 1.54) is 6.92 Å². The molecule has 1 rings (SSSR count). The first-order valence-electron chi connectivity index (χ1n) is 5.66. The molecule has 1 aromatic heterocycles. The van der Waals surface area contributed by atoms with Gasteiger partial charge in [-0.3, -0.25) is 4.79 Å². The zero-order valence-corrected chi connectivity index (χ0v) is 10.1. The van der Waals surface area contributed by atoms with E-state index in [9.17, 15) is 14.8 Å². The van der Waals surface area contributed by atoms with Crippen molar-refractivity contribution in [3.8, 4) is 0 Å². The van der Waals surface area contributed by atoms with Crippen LogP contribution in [-0.4, -0.2) is 27.3 Å². The molecule has 0 aliphatic carbocycles. The maximum absolute atomic E-state index is 11.0. The van der Waals surface area contributed by atoms with Gasteiger partial charge in [0.1, 0.15) is 0 Å². The lowest BCUT2D eigenvalue weighted by Crippen LogP contribution is -2.09.